The molecule has 0 aliphatic heterocycles. The van der Waals surface area contributed by atoms with Crippen molar-refractivity contribution in [1.29, 1.82) is 0 Å². The maximum Gasteiger partial charge on any atom is 0.0201 e. The first-order chi connectivity index (χ1) is 7.27. The summed E-state index contributed by atoms with van der Waals surface area (Å²) in [7, 11) is 4.32. The van der Waals surface area contributed by atoms with E-state index in [1.54, 1.807) is 0 Å². The summed E-state index contributed by atoms with van der Waals surface area (Å²) in [5.74, 6) is 0. The van der Waals surface area contributed by atoms with Gasteiger partial charge in [-0.05, 0) is 45.3 Å². The van der Waals surface area contributed by atoms with Crippen LogP contribution in [-0.2, 0) is 6.42 Å². The standard InChI is InChI=1S/C15H25N/c1-14(2,15(3,4)16(5)6)12-13-10-8-7-9-11-13/h7-11H,12H2,1-6H3. The van der Waals surface area contributed by atoms with Gasteiger partial charge in [-0.25, -0.2) is 0 Å². The van der Waals surface area contributed by atoms with Gasteiger partial charge in [0.2, 0.25) is 0 Å². The molecule has 0 unspecified atom stereocenters. The molecule has 0 fully saturated rings. The first-order valence-corrected chi connectivity index (χ1v) is 5.99. The van der Waals surface area contributed by atoms with Gasteiger partial charge in [0.25, 0.3) is 0 Å². The van der Waals surface area contributed by atoms with Crippen molar-refractivity contribution >= 4 is 0 Å². The van der Waals surface area contributed by atoms with Crippen LogP contribution in [0.5, 0.6) is 0 Å². The molecule has 1 aromatic rings. The van der Waals surface area contributed by atoms with E-state index in [2.05, 4.69) is 77.0 Å². The molecule has 0 saturated carbocycles. The van der Waals surface area contributed by atoms with Crippen LogP contribution < -0.4 is 0 Å². The van der Waals surface area contributed by atoms with Crippen LogP contribution in [0, 0.1) is 5.41 Å². The van der Waals surface area contributed by atoms with Gasteiger partial charge in [0.15, 0.2) is 0 Å². The van der Waals surface area contributed by atoms with E-state index < -0.39 is 0 Å². The molecule has 16 heavy (non-hydrogen) atoms. The number of hydrogen-bond acceptors (Lipinski definition) is 1. The molecule has 0 aliphatic carbocycles. The Morgan fingerprint density at radius 3 is 1.88 bits per heavy atom. The molecule has 1 nitrogen and oxygen atoms in total. The fraction of sp³-hybridized carbons (Fsp3) is 0.600. The lowest BCUT2D eigenvalue weighted by molar-refractivity contribution is 0.0508. The van der Waals surface area contributed by atoms with Crippen LogP contribution in [0.25, 0.3) is 0 Å². The van der Waals surface area contributed by atoms with Gasteiger partial charge in [0.05, 0.1) is 0 Å². The second-order valence-corrected chi connectivity index (χ2v) is 6.00. The van der Waals surface area contributed by atoms with Crippen molar-refractivity contribution in [2.45, 2.75) is 39.7 Å². The molecule has 1 rings (SSSR count). The van der Waals surface area contributed by atoms with Gasteiger partial charge in [-0.15, -0.1) is 0 Å². The Bertz CT molecular complexity index is 323. The summed E-state index contributed by atoms with van der Waals surface area (Å²) < 4.78 is 0. The third kappa shape index (κ3) is 2.65. The topological polar surface area (TPSA) is 3.24 Å². The van der Waals surface area contributed by atoms with Gasteiger partial charge in [-0.1, -0.05) is 44.2 Å². The molecular formula is C15H25N. The summed E-state index contributed by atoms with van der Waals surface area (Å²) in [4.78, 5) is 2.32. The van der Waals surface area contributed by atoms with Crippen molar-refractivity contribution in [1.82, 2.24) is 4.90 Å². The fourth-order valence-corrected chi connectivity index (χ4v) is 1.93. The Morgan fingerprint density at radius 1 is 0.938 bits per heavy atom. The zero-order valence-corrected chi connectivity index (χ0v) is 11.5. The minimum Gasteiger partial charge on any atom is -0.304 e. The Balaban J connectivity index is 2.87. The van der Waals surface area contributed by atoms with Crippen molar-refractivity contribution in [3.63, 3.8) is 0 Å². The van der Waals surface area contributed by atoms with Gasteiger partial charge in [0, 0.05) is 5.54 Å². The lowest BCUT2D eigenvalue weighted by atomic mass is 9.70. The Kier molecular flexibility index (Phi) is 3.80. The van der Waals surface area contributed by atoms with Crippen molar-refractivity contribution in [2.24, 2.45) is 5.41 Å². The third-order valence-electron chi connectivity index (χ3n) is 4.26. The molecule has 0 amide bonds. The molecule has 0 bridgehead atoms. The first kappa shape index (κ1) is 13.2. The molecule has 90 valence electrons. The summed E-state index contributed by atoms with van der Waals surface area (Å²) in [5, 5.41) is 0. The first-order valence-electron chi connectivity index (χ1n) is 5.99. The minimum atomic E-state index is 0.183. The highest BCUT2D eigenvalue weighted by molar-refractivity contribution is 5.17. The Labute approximate surface area is 100 Å². The molecule has 0 saturated heterocycles. The third-order valence-corrected chi connectivity index (χ3v) is 4.26. The van der Waals surface area contributed by atoms with E-state index in [9.17, 15) is 0 Å². The molecule has 0 N–H and O–H groups in total. The van der Waals surface area contributed by atoms with Crippen molar-refractivity contribution in [3.05, 3.63) is 35.9 Å². The largest absolute Gasteiger partial charge is 0.304 e. The second-order valence-electron chi connectivity index (χ2n) is 6.00. The van der Waals surface area contributed by atoms with Crippen molar-refractivity contribution in [3.8, 4) is 0 Å². The predicted octanol–water partition coefficient (Wildman–Crippen LogP) is 3.60. The lowest BCUT2D eigenvalue weighted by Crippen LogP contribution is -2.51. The maximum absolute atomic E-state index is 2.35. The van der Waals surface area contributed by atoms with Crippen LogP contribution in [0.2, 0.25) is 0 Å². The zero-order chi connectivity index (χ0) is 12.4. The van der Waals surface area contributed by atoms with Gasteiger partial charge >= 0.3 is 0 Å². The molecule has 0 atom stereocenters. The van der Waals surface area contributed by atoms with Gasteiger partial charge in [-0.3, -0.25) is 0 Å². The van der Waals surface area contributed by atoms with Gasteiger partial charge in [-0.2, -0.15) is 0 Å². The summed E-state index contributed by atoms with van der Waals surface area (Å²) >= 11 is 0. The van der Waals surface area contributed by atoms with E-state index in [0.29, 0.717) is 0 Å². The van der Waals surface area contributed by atoms with Crippen LogP contribution in [0.1, 0.15) is 33.3 Å². The average Bonchev–Trinajstić information content (AvgIpc) is 2.18. The lowest BCUT2D eigenvalue weighted by Gasteiger charge is -2.46. The van der Waals surface area contributed by atoms with Crippen molar-refractivity contribution in [2.75, 3.05) is 14.1 Å². The SMILES string of the molecule is CN(C)C(C)(C)C(C)(C)Cc1ccccc1. The molecular weight excluding hydrogens is 194 g/mol. The molecule has 0 aromatic heterocycles. The van der Waals surface area contributed by atoms with Crippen molar-refractivity contribution < 1.29 is 0 Å². The summed E-state index contributed by atoms with van der Waals surface area (Å²) in [6.07, 6.45) is 1.11. The quantitative estimate of drug-likeness (QED) is 0.748. The van der Waals surface area contributed by atoms with Gasteiger partial charge < -0.3 is 4.90 Å². The number of hydrogen-bond donors (Lipinski definition) is 0. The number of nitrogens with zero attached hydrogens (tertiary/aromatic N) is 1. The van der Waals surface area contributed by atoms with Crippen LogP contribution >= 0.6 is 0 Å². The summed E-state index contributed by atoms with van der Waals surface area (Å²) in [6.45, 7) is 9.33. The van der Waals surface area contributed by atoms with E-state index >= 15 is 0 Å². The molecule has 1 heteroatoms. The van der Waals surface area contributed by atoms with E-state index in [4.69, 9.17) is 0 Å². The number of benzene rings is 1. The molecule has 0 heterocycles. The average molecular weight is 219 g/mol. The van der Waals surface area contributed by atoms with Gasteiger partial charge in [0.1, 0.15) is 0 Å². The summed E-state index contributed by atoms with van der Waals surface area (Å²) in [6, 6.07) is 10.7. The fourth-order valence-electron chi connectivity index (χ4n) is 1.93. The molecule has 1 aromatic carbocycles. The maximum atomic E-state index is 2.35. The smallest absolute Gasteiger partial charge is 0.0201 e. The van der Waals surface area contributed by atoms with Crippen LogP contribution in [0.3, 0.4) is 0 Å². The minimum absolute atomic E-state index is 0.183. The van der Waals surface area contributed by atoms with E-state index in [-0.39, 0.29) is 11.0 Å². The van der Waals surface area contributed by atoms with Crippen LogP contribution in [0.4, 0.5) is 0 Å². The number of rotatable bonds is 4. The highest BCUT2D eigenvalue weighted by Crippen LogP contribution is 2.37. The predicted molar refractivity (Wildman–Crippen MR) is 71.7 cm³/mol. The summed E-state index contributed by atoms with van der Waals surface area (Å²) in [5.41, 5.74) is 1.85. The Morgan fingerprint density at radius 2 is 1.44 bits per heavy atom. The second kappa shape index (κ2) is 4.58. The monoisotopic (exact) mass is 219 g/mol. The van der Waals surface area contributed by atoms with Crippen LogP contribution in [-0.4, -0.2) is 24.5 Å². The van der Waals surface area contributed by atoms with Crippen LogP contribution in [0.15, 0.2) is 30.3 Å². The normalized spacial score (nSPS) is 13.2. The molecule has 0 radical (unpaired) electrons. The highest BCUT2D eigenvalue weighted by atomic mass is 15.1. The zero-order valence-electron chi connectivity index (χ0n) is 11.5. The Hall–Kier alpha value is -0.820. The van der Waals surface area contributed by atoms with E-state index in [0.717, 1.165) is 6.42 Å². The highest BCUT2D eigenvalue weighted by Gasteiger charge is 2.38. The van der Waals surface area contributed by atoms with E-state index in [1.165, 1.54) is 5.56 Å². The molecule has 0 aliphatic rings. The molecule has 0 spiro atoms. The van der Waals surface area contributed by atoms with E-state index in [1.807, 2.05) is 0 Å².